The summed E-state index contributed by atoms with van der Waals surface area (Å²) in [7, 11) is 0. The Labute approximate surface area is 161 Å². The molecule has 2 amide bonds. The van der Waals surface area contributed by atoms with Gasteiger partial charge in [0.15, 0.2) is 0 Å². The van der Waals surface area contributed by atoms with Gasteiger partial charge in [0.25, 0.3) is 5.91 Å². The molecule has 2 fully saturated rings. The highest BCUT2D eigenvalue weighted by Gasteiger charge is 2.29. The second kappa shape index (κ2) is 9.52. The highest BCUT2D eigenvalue weighted by Crippen LogP contribution is 2.24. The van der Waals surface area contributed by atoms with Crippen molar-refractivity contribution in [2.24, 2.45) is 0 Å². The Morgan fingerprint density at radius 1 is 1.07 bits per heavy atom. The van der Waals surface area contributed by atoms with Crippen LogP contribution in [0.15, 0.2) is 24.3 Å². The Balaban J connectivity index is 1.78. The van der Waals surface area contributed by atoms with Gasteiger partial charge >= 0.3 is 0 Å². The van der Waals surface area contributed by atoms with Crippen molar-refractivity contribution in [1.82, 2.24) is 15.1 Å². The summed E-state index contributed by atoms with van der Waals surface area (Å²) in [6, 6.07) is 8.91. The Kier molecular flexibility index (Phi) is 6.83. The fourth-order valence-corrected chi connectivity index (χ4v) is 3.95. The van der Waals surface area contributed by atoms with Gasteiger partial charge in [-0.05, 0) is 37.1 Å². The molecule has 1 aromatic carbocycles. The zero-order chi connectivity index (χ0) is 19.1. The molecule has 1 N–H and O–H groups in total. The molecule has 2 aliphatic rings. The quantitative estimate of drug-likeness (QED) is 0.826. The number of carbonyl (C=O) groups excluding carboxylic acids is 2. The zero-order valence-electron chi connectivity index (χ0n) is 15.8. The summed E-state index contributed by atoms with van der Waals surface area (Å²) in [6.45, 7) is 3.14. The predicted octanol–water partition coefficient (Wildman–Crippen LogP) is 2.16. The van der Waals surface area contributed by atoms with E-state index in [1.807, 2.05) is 4.90 Å². The van der Waals surface area contributed by atoms with Gasteiger partial charge in [0.05, 0.1) is 11.6 Å². The predicted molar refractivity (Wildman–Crippen MR) is 103 cm³/mol. The molecule has 0 bridgehead atoms. The third-order valence-corrected chi connectivity index (χ3v) is 5.56. The number of hydrogen-bond acceptors (Lipinski definition) is 4. The third-order valence-electron chi connectivity index (χ3n) is 5.56. The van der Waals surface area contributed by atoms with Crippen LogP contribution in [0.4, 0.5) is 0 Å². The molecule has 3 rings (SSSR count). The molecule has 1 aliphatic heterocycles. The fraction of sp³-hybridized carbons (Fsp3) is 0.571. The van der Waals surface area contributed by atoms with Crippen molar-refractivity contribution in [2.75, 3.05) is 32.7 Å². The number of nitriles is 1. The standard InChI is InChI=1S/C21H28N4O2/c22-15-17-7-9-18(10-8-17)21(27)25(19-5-3-1-2-4-6-19)16-20(26)24-13-11-23-12-14-24/h7-10,19,23H,1-6,11-14,16H2. The topological polar surface area (TPSA) is 76.4 Å². The van der Waals surface area contributed by atoms with E-state index in [0.717, 1.165) is 38.8 Å². The normalized spacial score (nSPS) is 18.4. The SMILES string of the molecule is N#Cc1ccc(C(=O)N(CC(=O)N2CCNCC2)C2CCCCCC2)cc1. The maximum atomic E-state index is 13.2. The first-order valence-corrected chi connectivity index (χ1v) is 9.98. The van der Waals surface area contributed by atoms with E-state index in [-0.39, 0.29) is 24.4 Å². The highest BCUT2D eigenvalue weighted by molar-refractivity contribution is 5.96. The lowest BCUT2D eigenvalue weighted by molar-refractivity contribution is -0.133. The van der Waals surface area contributed by atoms with Crippen molar-refractivity contribution in [3.05, 3.63) is 35.4 Å². The van der Waals surface area contributed by atoms with E-state index in [4.69, 9.17) is 5.26 Å². The van der Waals surface area contributed by atoms with Crippen LogP contribution in [-0.2, 0) is 4.79 Å². The molecule has 0 unspecified atom stereocenters. The van der Waals surface area contributed by atoms with Crippen LogP contribution in [0, 0.1) is 11.3 Å². The minimum atomic E-state index is -0.102. The molecule has 0 atom stereocenters. The molecular weight excluding hydrogens is 340 g/mol. The van der Waals surface area contributed by atoms with Gasteiger partial charge in [0.2, 0.25) is 5.91 Å². The Morgan fingerprint density at radius 3 is 2.30 bits per heavy atom. The first-order valence-electron chi connectivity index (χ1n) is 9.98. The summed E-state index contributed by atoms with van der Waals surface area (Å²) in [5.41, 5.74) is 1.08. The maximum Gasteiger partial charge on any atom is 0.254 e. The maximum absolute atomic E-state index is 13.2. The van der Waals surface area contributed by atoms with Gasteiger partial charge < -0.3 is 15.1 Å². The van der Waals surface area contributed by atoms with Crippen molar-refractivity contribution in [3.8, 4) is 6.07 Å². The summed E-state index contributed by atoms with van der Waals surface area (Å²) in [4.78, 5) is 29.7. The monoisotopic (exact) mass is 368 g/mol. The molecule has 1 saturated heterocycles. The van der Waals surface area contributed by atoms with E-state index in [9.17, 15) is 9.59 Å². The van der Waals surface area contributed by atoms with Gasteiger partial charge in [-0.1, -0.05) is 25.7 Å². The van der Waals surface area contributed by atoms with Gasteiger partial charge in [-0.25, -0.2) is 0 Å². The molecule has 1 aliphatic carbocycles. The number of benzene rings is 1. The molecule has 1 saturated carbocycles. The molecule has 0 spiro atoms. The van der Waals surface area contributed by atoms with Crippen LogP contribution in [0.3, 0.4) is 0 Å². The number of amides is 2. The molecule has 1 aromatic rings. The minimum absolute atomic E-state index is 0.0303. The molecule has 6 heteroatoms. The molecule has 1 heterocycles. The van der Waals surface area contributed by atoms with Crippen molar-refractivity contribution in [3.63, 3.8) is 0 Å². The molecule has 144 valence electrons. The lowest BCUT2D eigenvalue weighted by Gasteiger charge is -2.34. The number of piperazine rings is 1. The van der Waals surface area contributed by atoms with Crippen molar-refractivity contribution in [2.45, 2.75) is 44.6 Å². The summed E-state index contributed by atoms with van der Waals surface area (Å²) < 4.78 is 0. The number of carbonyl (C=O) groups is 2. The highest BCUT2D eigenvalue weighted by atomic mass is 16.2. The van der Waals surface area contributed by atoms with Crippen LogP contribution < -0.4 is 5.32 Å². The number of nitrogens with one attached hydrogen (secondary N) is 1. The van der Waals surface area contributed by atoms with Gasteiger partial charge in [-0.3, -0.25) is 9.59 Å². The van der Waals surface area contributed by atoms with E-state index in [1.54, 1.807) is 29.2 Å². The van der Waals surface area contributed by atoms with E-state index in [1.165, 1.54) is 12.8 Å². The molecule has 27 heavy (non-hydrogen) atoms. The number of nitrogens with zero attached hydrogens (tertiary/aromatic N) is 3. The first kappa shape index (κ1) is 19.4. The third kappa shape index (κ3) is 5.08. The van der Waals surface area contributed by atoms with E-state index in [0.29, 0.717) is 24.2 Å². The molecule has 6 nitrogen and oxygen atoms in total. The fourth-order valence-electron chi connectivity index (χ4n) is 3.95. The summed E-state index contributed by atoms with van der Waals surface area (Å²) in [5.74, 6) is -0.0717. The smallest absolute Gasteiger partial charge is 0.254 e. The minimum Gasteiger partial charge on any atom is -0.339 e. The summed E-state index contributed by atoms with van der Waals surface area (Å²) in [5, 5.41) is 12.2. The van der Waals surface area contributed by atoms with Crippen LogP contribution in [0.25, 0.3) is 0 Å². The van der Waals surface area contributed by atoms with Crippen molar-refractivity contribution in [1.29, 1.82) is 5.26 Å². The molecular formula is C21H28N4O2. The van der Waals surface area contributed by atoms with E-state index in [2.05, 4.69) is 11.4 Å². The van der Waals surface area contributed by atoms with Gasteiger partial charge in [0.1, 0.15) is 6.54 Å². The second-order valence-corrected chi connectivity index (χ2v) is 7.40. The Morgan fingerprint density at radius 2 is 1.70 bits per heavy atom. The average molecular weight is 368 g/mol. The Bertz CT molecular complexity index is 681. The first-order chi connectivity index (χ1) is 13.2. The van der Waals surface area contributed by atoms with Crippen molar-refractivity contribution >= 4 is 11.8 Å². The lowest BCUT2D eigenvalue weighted by Crippen LogP contribution is -2.52. The number of rotatable bonds is 4. The molecule has 0 radical (unpaired) electrons. The van der Waals surface area contributed by atoms with Crippen LogP contribution in [0.1, 0.15) is 54.4 Å². The zero-order valence-corrected chi connectivity index (χ0v) is 15.8. The lowest BCUT2D eigenvalue weighted by atomic mass is 10.0. The second-order valence-electron chi connectivity index (χ2n) is 7.40. The van der Waals surface area contributed by atoms with Crippen molar-refractivity contribution < 1.29 is 9.59 Å². The van der Waals surface area contributed by atoms with Crippen LogP contribution >= 0.6 is 0 Å². The van der Waals surface area contributed by atoms with Gasteiger partial charge in [-0.15, -0.1) is 0 Å². The van der Waals surface area contributed by atoms with E-state index >= 15 is 0 Å². The summed E-state index contributed by atoms with van der Waals surface area (Å²) >= 11 is 0. The number of hydrogen-bond donors (Lipinski definition) is 1. The molecule has 0 aromatic heterocycles. The van der Waals surface area contributed by atoms with Crippen LogP contribution in [-0.4, -0.2) is 60.4 Å². The average Bonchev–Trinajstić information content (AvgIpc) is 3.01. The largest absolute Gasteiger partial charge is 0.339 e. The van der Waals surface area contributed by atoms with Gasteiger partial charge in [-0.2, -0.15) is 5.26 Å². The van der Waals surface area contributed by atoms with Crippen LogP contribution in [0.2, 0.25) is 0 Å². The van der Waals surface area contributed by atoms with Gasteiger partial charge in [0, 0.05) is 37.8 Å². The van der Waals surface area contributed by atoms with Crippen LogP contribution in [0.5, 0.6) is 0 Å². The van der Waals surface area contributed by atoms with E-state index < -0.39 is 0 Å². The summed E-state index contributed by atoms with van der Waals surface area (Å²) in [6.07, 6.45) is 6.50. The Hall–Kier alpha value is -2.39.